The van der Waals surface area contributed by atoms with Crippen LogP contribution in [0.2, 0.25) is 0 Å². The van der Waals surface area contributed by atoms with Crippen LogP contribution < -0.4 is 9.80 Å². The van der Waals surface area contributed by atoms with Crippen molar-refractivity contribution in [1.29, 1.82) is 0 Å². The van der Waals surface area contributed by atoms with Gasteiger partial charge in [0.25, 0.3) is 0 Å². The summed E-state index contributed by atoms with van der Waals surface area (Å²) in [6, 6.07) is 53.8. The van der Waals surface area contributed by atoms with Crippen LogP contribution in [0, 0.1) is 60.8 Å². The van der Waals surface area contributed by atoms with Crippen LogP contribution in [0.5, 0.6) is 11.5 Å². The van der Waals surface area contributed by atoms with Crippen LogP contribution in [0.1, 0.15) is 69.5 Å². The molecule has 69 heavy (non-hydrogen) atoms. The zero-order valence-corrected chi connectivity index (χ0v) is 41.8. The van der Waals surface area contributed by atoms with Gasteiger partial charge in [0.05, 0.1) is 11.4 Å². The largest absolute Gasteiger partial charge is 0.507 e. The third kappa shape index (κ3) is 9.84. The fourth-order valence-corrected chi connectivity index (χ4v) is 9.69. The van der Waals surface area contributed by atoms with E-state index in [1.54, 1.807) is 12.4 Å². The van der Waals surface area contributed by atoms with Crippen molar-refractivity contribution in [3.05, 3.63) is 213 Å². The Bertz CT molecular complexity index is 2830. The van der Waals surface area contributed by atoms with Crippen molar-refractivity contribution in [2.75, 3.05) is 22.9 Å². The number of anilines is 6. The topological polar surface area (TPSA) is 71.7 Å². The molecular formula is C63H64N4O2. The molecule has 0 saturated heterocycles. The number of hydrogen-bond acceptors (Lipinski definition) is 6. The van der Waals surface area contributed by atoms with Crippen LogP contribution in [0.3, 0.4) is 0 Å². The average Bonchev–Trinajstić information content (AvgIpc) is 3.35. The van der Waals surface area contributed by atoms with Crippen LogP contribution in [0.15, 0.2) is 168 Å². The molecule has 8 aromatic carbocycles. The Morgan fingerprint density at radius 2 is 0.667 bits per heavy atom. The Balaban J connectivity index is 0.963. The molecule has 0 spiro atoms. The second kappa shape index (κ2) is 20.3. The van der Waals surface area contributed by atoms with E-state index in [0.29, 0.717) is 24.2 Å². The van der Waals surface area contributed by atoms with Gasteiger partial charge in [0.15, 0.2) is 0 Å². The SMILES string of the molecule is Cc1c(C)c(N(c2ccccc2)c2ccccc2)c(C)c(C)c1-c1ccc(C=NCC(C)(C)CN=Cc2ccc(-c3c(C)c(C)c(N(c4ccccc4)c4ccccc4)c(C)c3C)cc2O)c(O)c1. The van der Waals surface area contributed by atoms with Gasteiger partial charge < -0.3 is 20.0 Å². The minimum absolute atomic E-state index is 0.187. The molecule has 0 saturated carbocycles. The molecule has 0 aliphatic rings. The predicted molar refractivity (Wildman–Crippen MR) is 293 cm³/mol. The summed E-state index contributed by atoms with van der Waals surface area (Å²) in [5, 5.41) is 22.7. The first-order chi connectivity index (χ1) is 33.2. The molecule has 0 unspecified atom stereocenters. The summed E-state index contributed by atoms with van der Waals surface area (Å²) in [5.74, 6) is 0.375. The molecule has 6 heteroatoms. The molecule has 0 atom stereocenters. The lowest BCUT2D eigenvalue weighted by Gasteiger charge is -2.31. The second-order valence-corrected chi connectivity index (χ2v) is 19.1. The number of benzene rings is 8. The van der Waals surface area contributed by atoms with Gasteiger partial charge >= 0.3 is 0 Å². The van der Waals surface area contributed by atoms with E-state index < -0.39 is 0 Å². The van der Waals surface area contributed by atoms with Gasteiger partial charge in [0.2, 0.25) is 0 Å². The first-order valence-electron chi connectivity index (χ1n) is 23.8. The molecule has 0 heterocycles. The minimum Gasteiger partial charge on any atom is -0.507 e. The molecule has 8 rings (SSSR count). The summed E-state index contributed by atoms with van der Waals surface area (Å²) >= 11 is 0. The number of phenolic OH excluding ortho intramolecular Hbond substituents is 2. The number of nitrogens with zero attached hydrogens (tertiary/aromatic N) is 4. The predicted octanol–water partition coefficient (Wildman–Crippen LogP) is 16.4. The molecule has 2 N–H and O–H groups in total. The number of aliphatic imine (C=N–C) groups is 2. The molecule has 348 valence electrons. The average molecular weight is 909 g/mol. The third-order valence-corrected chi connectivity index (χ3v) is 13.8. The summed E-state index contributed by atoms with van der Waals surface area (Å²) in [6.45, 7) is 22.8. The van der Waals surface area contributed by atoms with Gasteiger partial charge in [0, 0.05) is 64.8 Å². The highest BCUT2D eigenvalue weighted by Gasteiger charge is 2.25. The van der Waals surface area contributed by atoms with Crippen molar-refractivity contribution in [2.24, 2.45) is 15.4 Å². The van der Waals surface area contributed by atoms with Gasteiger partial charge in [-0.3, -0.25) is 9.98 Å². The maximum absolute atomic E-state index is 11.4. The summed E-state index contributed by atoms with van der Waals surface area (Å²) in [6.07, 6.45) is 3.51. The first-order valence-corrected chi connectivity index (χ1v) is 23.8. The molecule has 0 aliphatic carbocycles. The van der Waals surface area contributed by atoms with E-state index in [-0.39, 0.29) is 16.9 Å². The quantitative estimate of drug-likeness (QED) is 0.107. The van der Waals surface area contributed by atoms with E-state index in [4.69, 9.17) is 9.98 Å². The molecule has 0 aromatic heterocycles. The van der Waals surface area contributed by atoms with Crippen LogP contribution in [-0.4, -0.2) is 35.7 Å². The van der Waals surface area contributed by atoms with Gasteiger partial charge in [-0.15, -0.1) is 0 Å². The Hall–Kier alpha value is -7.70. The highest BCUT2D eigenvalue weighted by atomic mass is 16.3. The van der Waals surface area contributed by atoms with Crippen molar-refractivity contribution in [2.45, 2.75) is 69.2 Å². The van der Waals surface area contributed by atoms with Crippen LogP contribution in [0.4, 0.5) is 34.1 Å². The highest BCUT2D eigenvalue weighted by molar-refractivity contribution is 5.91. The Morgan fingerprint density at radius 1 is 0.391 bits per heavy atom. The summed E-state index contributed by atoms with van der Waals surface area (Å²) in [5.41, 5.74) is 21.5. The minimum atomic E-state index is -0.269. The Kier molecular flexibility index (Phi) is 14.0. The highest BCUT2D eigenvalue weighted by Crippen LogP contribution is 2.47. The fourth-order valence-electron chi connectivity index (χ4n) is 9.69. The number of phenols is 2. The van der Waals surface area contributed by atoms with Crippen LogP contribution in [-0.2, 0) is 0 Å². The molecule has 0 aliphatic heterocycles. The van der Waals surface area contributed by atoms with Gasteiger partial charge in [-0.1, -0.05) is 98.8 Å². The zero-order chi connectivity index (χ0) is 49.0. The van der Waals surface area contributed by atoms with E-state index >= 15 is 0 Å². The lowest BCUT2D eigenvalue weighted by molar-refractivity contribution is 0.396. The maximum Gasteiger partial charge on any atom is 0.124 e. The number of aromatic hydroxyl groups is 2. The van der Waals surface area contributed by atoms with Crippen LogP contribution in [0.25, 0.3) is 22.3 Å². The molecule has 0 radical (unpaired) electrons. The summed E-state index contributed by atoms with van der Waals surface area (Å²) < 4.78 is 0. The lowest BCUT2D eigenvalue weighted by Crippen LogP contribution is -2.19. The van der Waals surface area contributed by atoms with Gasteiger partial charge in [-0.25, -0.2) is 0 Å². The monoisotopic (exact) mass is 909 g/mol. The lowest BCUT2D eigenvalue weighted by atomic mass is 9.87. The molecule has 8 aromatic rings. The van der Waals surface area contributed by atoms with Crippen molar-refractivity contribution >= 4 is 46.6 Å². The van der Waals surface area contributed by atoms with E-state index in [1.165, 1.54) is 55.9 Å². The van der Waals surface area contributed by atoms with Crippen LogP contribution >= 0.6 is 0 Å². The zero-order valence-electron chi connectivity index (χ0n) is 41.8. The Labute approximate surface area is 409 Å². The summed E-state index contributed by atoms with van der Waals surface area (Å²) in [7, 11) is 0. The number of hydrogen-bond donors (Lipinski definition) is 2. The third-order valence-electron chi connectivity index (χ3n) is 13.8. The normalized spacial score (nSPS) is 11.7. The van der Waals surface area contributed by atoms with E-state index in [2.05, 4.69) is 188 Å². The van der Waals surface area contributed by atoms with Gasteiger partial charge in [0.1, 0.15) is 11.5 Å². The maximum atomic E-state index is 11.4. The molecule has 0 amide bonds. The van der Waals surface area contributed by atoms with Gasteiger partial charge in [-0.2, -0.15) is 0 Å². The summed E-state index contributed by atoms with van der Waals surface area (Å²) in [4.78, 5) is 14.2. The number of rotatable bonds is 14. The van der Waals surface area contributed by atoms with Gasteiger partial charge in [-0.05, 0) is 195 Å². The standard InChI is InChI=1S/C63H64N4O2/c1-41-45(5)61(66(53-23-15-11-16-24-53)54-25-17-12-18-26-54)46(6)42(2)59(41)49-31-33-51(57(68)35-49)37-64-39-63(9,10)40-65-38-52-34-32-50(36-58(52)69)60-43(3)47(7)62(48(8)44(60)4)67(55-27-19-13-20-28-55)56-29-21-14-22-30-56/h11-38,68-69H,39-40H2,1-10H3. The van der Waals surface area contributed by atoms with Crippen molar-refractivity contribution in [1.82, 2.24) is 0 Å². The molecule has 6 nitrogen and oxygen atoms in total. The smallest absolute Gasteiger partial charge is 0.124 e. The first kappa shape index (κ1) is 47.8. The molecule has 0 bridgehead atoms. The molecular weight excluding hydrogens is 845 g/mol. The van der Waals surface area contributed by atoms with E-state index in [1.807, 2.05) is 48.5 Å². The Morgan fingerprint density at radius 3 is 0.928 bits per heavy atom. The van der Waals surface area contributed by atoms with E-state index in [9.17, 15) is 10.2 Å². The van der Waals surface area contributed by atoms with E-state index in [0.717, 1.165) is 45.0 Å². The fraction of sp³-hybridized carbons (Fsp3) is 0.206. The van der Waals surface area contributed by atoms with Crippen molar-refractivity contribution in [3.8, 4) is 33.8 Å². The second-order valence-electron chi connectivity index (χ2n) is 19.1. The van der Waals surface area contributed by atoms with Crippen molar-refractivity contribution in [3.63, 3.8) is 0 Å². The number of para-hydroxylation sites is 4. The van der Waals surface area contributed by atoms with Crippen molar-refractivity contribution < 1.29 is 10.2 Å². The molecule has 0 fully saturated rings.